The van der Waals surface area contributed by atoms with Gasteiger partial charge in [0, 0.05) is 13.1 Å². The molecule has 1 amide bonds. The molecule has 1 aromatic carbocycles. The van der Waals surface area contributed by atoms with E-state index in [1.807, 2.05) is 33.0 Å². The first kappa shape index (κ1) is 12.7. The number of nitrogens with two attached hydrogens (primary N) is 1. The maximum absolute atomic E-state index is 11.8. The quantitative estimate of drug-likeness (QED) is 0.828. The van der Waals surface area contributed by atoms with Crippen LogP contribution in [0, 0.1) is 13.8 Å². The van der Waals surface area contributed by atoms with Gasteiger partial charge in [-0.25, -0.2) is 0 Å². The Morgan fingerprint density at radius 3 is 2.67 bits per heavy atom. The molecule has 0 heterocycles. The van der Waals surface area contributed by atoms with Crippen LogP contribution in [0.4, 0.5) is 5.69 Å². The zero-order chi connectivity index (χ0) is 13.3. The summed E-state index contributed by atoms with van der Waals surface area (Å²) in [4.78, 5) is 13.6. The number of carbonyl (C=O) groups is 1. The lowest BCUT2D eigenvalue weighted by atomic mass is 10.1. The Labute approximate surface area is 108 Å². The summed E-state index contributed by atoms with van der Waals surface area (Å²) in [5.41, 5.74) is 8.56. The summed E-state index contributed by atoms with van der Waals surface area (Å²) in [7, 11) is 1.83. The van der Waals surface area contributed by atoms with E-state index in [-0.39, 0.29) is 12.5 Å². The second-order valence-electron chi connectivity index (χ2n) is 5.02. The highest BCUT2D eigenvalue weighted by Gasteiger charge is 2.29. The van der Waals surface area contributed by atoms with Crippen molar-refractivity contribution in [3.8, 4) is 5.75 Å². The predicted octanol–water partition coefficient (Wildman–Crippen LogP) is 1.89. The van der Waals surface area contributed by atoms with E-state index in [4.69, 9.17) is 10.5 Å². The molecular formula is C14H20N2O2. The van der Waals surface area contributed by atoms with Gasteiger partial charge in [0.2, 0.25) is 0 Å². The van der Waals surface area contributed by atoms with Crippen LogP contribution >= 0.6 is 0 Å². The predicted molar refractivity (Wildman–Crippen MR) is 71.6 cm³/mol. The first-order valence-electron chi connectivity index (χ1n) is 6.24. The molecule has 0 bridgehead atoms. The number of rotatable bonds is 4. The summed E-state index contributed by atoms with van der Waals surface area (Å²) in [5.74, 6) is 0.634. The smallest absolute Gasteiger partial charge is 0.260 e. The number of aryl methyl sites for hydroxylation is 2. The number of carbonyl (C=O) groups excluding carboxylic acids is 1. The van der Waals surface area contributed by atoms with Crippen molar-refractivity contribution in [2.24, 2.45) is 0 Å². The number of hydrogen-bond acceptors (Lipinski definition) is 3. The van der Waals surface area contributed by atoms with Crippen molar-refractivity contribution in [3.05, 3.63) is 23.3 Å². The Bertz CT molecular complexity index is 444. The summed E-state index contributed by atoms with van der Waals surface area (Å²) in [6.07, 6.45) is 2.21. The van der Waals surface area contributed by atoms with E-state index in [1.54, 1.807) is 4.90 Å². The van der Waals surface area contributed by atoms with Gasteiger partial charge < -0.3 is 15.4 Å². The fraction of sp³-hybridized carbons (Fsp3) is 0.500. The van der Waals surface area contributed by atoms with Crippen LogP contribution in [0.3, 0.4) is 0 Å². The van der Waals surface area contributed by atoms with Gasteiger partial charge in [0.15, 0.2) is 6.61 Å². The van der Waals surface area contributed by atoms with Gasteiger partial charge in [-0.2, -0.15) is 0 Å². The molecule has 0 aromatic heterocycles. The second-order valence-corrected chi connectivity index (χ2v) is 5.02. The van der Waals surface area contributed by atoms with Gasteiger partial charge in [0.1, 0.15) is 5.75 Å². The average Bonchev–Trinajstić information content (AvgIpc) is 3.09. The first-order chi connectivity index (χ1) is 8.49. The molecule has 0 atom stereocenters. The van der Waals surface area contributed by atoms with E-state index >= 15 is 0 Å². The molecule has 4 nitrogen and oxygen atoms in total. The molecule has 0 aliphatic heterocycles. The van der Waals surface area contributed by atoms with Crippen LogP contribution in [0.1, 0.15) is 24.0 Å². The molecule has 98 valence electrons. The van der Waals surface area contributed by atoms with Gasteiger partial charge >= 0.3 is 0 Å². The third-order valence-corrected chi connectivity index (χ3v) is 3.28. The molecule has 4 heteroatoms. The van der Waals surface area contributed by atoms with E-state index < -0.39 is 0 Å². The van der Waals surface area contributed by atoms with Gasteiger partial charge in [0.25, 0.3) is 5.91 Å². The Hall–Kier alpha value is -1.71. The van der Waals surface area contributed by atoms with Gasteiger partial charge in [-0.15, -0.1) is 0 Å². The highest BCUT2D eigenvalue weighted by Crippen LogP contribution is 2.28. The zero-order valence-corrected chi connectivity index (χ0v) is 11.2. The highest BCUT2D eigenvalue weighted by molar-refractivity contribution is 5.78. The molecule has 1 fully saturated rings. The molecule has 0 unspecified atom stereocenters. The number of ether oxygens (including phenoxy) is 1. The molecule has 1 aliphatic carbocycles. The summed E-state index contributed by atoms with van der Waals surface area (Å²) in [6.45, 7) is 3.98. The largest absolute Gasteiger partial charge is 0.481 e. The molecule has 0 saturated heterocycles. The second kappa shape index (κ2) is 4.88. The molecule has 1 aromatic rings. The lowest BCUT2D eigenvalue weighted by molar-refractivity contribution is -0.132. The number of amides is 1. The van der Waals surface area contributed by atoms with E-state index in [0.717, 1.165) is 24.0 Å². The minimum Gasteiger partial charge on any atom is -0.481 e. The molecule has 18 heavy (non-hydrogen) atoms. The fourth-order valence-corrected chi connectivity index (χ4v) is 2.09. The Morgan fingerprint density at radius 1 is 1.44 bits per heavy atom. The standard InChI is InChI=1S/C14H20N2O2/c1-9-6-10(2)14(12(15)7-9)18-8-13(17)16(3)11-4-5-11/h6-7,11H,4-5,8,15H2,1-3H3. The number of likely N-dealkylation sites (N-methyl/N-ethyl adjacent to an activating group) is 1. The molecule has 1 saturated carbocycles. The van der Waals surface area contributed by atoms with Gasteiger partial charge in [-0.3, -0.25) is 4.79 Å². The third-order valence-electron chi connectivity index (χ3n) is 3.28. The fourth-order valence-electron chi connectivity index (χ4n) is 2.09. The molecule has 2 N–H and O–H groups in total. The summed E-state index contributed by atoms with van der Waals surface area (Å²) in [6, 6.07) is 4.27. The Morgan fingerprint density at radius 2 is 2.11 bits per heavy atom. The number of anilines is 1. The van der Waals surface area contributed by atoms with Crippen LogP contribution in [0.2, 0.25) is 0 Å². The van der Waals surface area contributed by atoms with Crippen LogP contribution in [0.5, 0.6) is 5.75 Å². The molecule has 1 aliphatic rings. The van der Waals surface area contributed by atoms with E-state index in [0.29, 0.717) is 17.5 Å². The number of hydrogen-bond donors (Lipinski definition) is 1. The SMILES string of the molecule is Cc1cc(C)c(OCC(=O)N(C)C2CC2)c(N)c1. The monoisotopic (exact) mass is 248 g/mol. The average molecular weight is 248 g/mol. The topological polar surface area (TPSA) is 55.6 Å². The van der Waals surface area contributed by atoms with Gasteiger partial charge in [-0.05, 0) is 43.9 Å². The van der Waals surface area contributed by atoms with Crippen molar-refractivity contribution < 1.29 is 9.53 Å². The van der Waals surface area contributed by atoms with Crippen molar-refractivity contribution in [3.63, 3.8) is 0 Å². The number of benzene rings is 1. The van der Waals surface area contributed by atoms with Crippen LogP contribution in [0.25, 0.3) is 0 Å². The zero-order valence-electron chi connectivity index (χ0n) is 11.2. The van der Waals surface area contributed by atoms with Crippen molar-refractivity contribution in [2.45, 2.75) is 32.7 Å². The van der Waals surface area contributed by atoms with Crippen molar-refractivity contribution in [1.29, 1.82) is 0 Å². The van der Waals surface area contributed by atoms with E-state index in [1.165, 1.54) is 0 Å². The Balaban J connectivity index is 1.99. The minimum absolute atomic E-state index is 0.0110. The lowest BCUT2D eigenvalue weighted by Crippen LogP contribution is -2.33. The van der Waals surface area contributed by atoms with Crippen LogP contribution in [-0.4, -0.2) is 30.5 Å². The minimum atomic E-state index is 0.0110. The normalized spacial score (nSPS) is 14.4. The van der Waals surface area contributed by atoms with E-state index in [9.17, 15) is 4.79 Å². The number of nitrogen functional groups attached to an aromatic ring is 1. The molecule has 0 spiro atoms. The maximum Gasteiger partial charge on any atom is 0.260 e. The summed E-state index contributed by atoms with van der Waals surface area (Å²) >= 11 is 0. The van der Waals surface area contributed by atoms with Crippen molar-refractivity contribution >= 4 is 11.6 Å². The lowest BCUT2D eigenvalue weighted by Gasteiger charge is -2.18. The van der Waals surface area contributed by atoms with Gasteiger partial charge in [-0.1, -0.05) is 6.07 Å². The van der Waals surface area contributed by atoms with Crippen LogP contribution in [-0.2, 0) is 4.79 Å². The van der Waals surface area contributed by atoms with Crippen LogP contribution in [0.15, 0.2) is 12.1 Å². The summed E-state index contributed by atoms with van der Waals surface area (Å²) < 4.78 is 5.57. The first-order valence-corrected chi connectivity index (χ1v) is 6.24. The van der Waals surface area contributed by atoms with Gasteiger partial charge in [0.05, 0.1) is 5.69 Å². The summed E-state index contributed by atoms with van der Waals surface area (Å²) in [5, 5.41) is 0. The molecule has 2 rings (SSSR count). The third kappa shape index (κ3) is 2.75. The van der Waals surface area contributed by atoms with Crippen molar-refractivity contribution in [2.75, 3.05) is 19.4 Å². The maximum atomic E-state index is 11.8. The molecule has 0 radical (unpaired) electrons. The molecular weight excluding hydrogens is 228 g/mol. The number of nitrogens with zero attached hydrogens (tertiary/aromatic N) is 1. The van der Waals surface area contributed by atoms with Crippen molar-refractivity contribution in [1.82, 2.24) is 4.90 Å². The Kier molecular flexibility index (Phi) is 3.45. The van der Waals surface area contributed by atoms with Crippen LogP contribution < -0.4 is 10.5 Å². The highest BCUT2D eigenvalue weighted by atomic mass is 16.5. The van der Waals surface area contributed by atoms with E-state index in [2.05, 4.69) is 0 Å².